The third-order valence-electron chi connectivity index (χ3n) is 4.92. The van der Waals surface area contributed by atoms with Crippen molar-refractivity contribution >= 4 is 17.4 Å². The van der Waals surface area contributed by atoms with Crippen LogP contribution in [-0.2, 0) is 10.2 Å². The van der Waals surface area contributed by atoms with Crippen molar-refractivity contribution in [3.63, 3.8) is 0 Å². The zero-order chi connectivity index (χ0) is 15.6. The van der Waals surface area contributed by atoms with Crippen molar-refractivity contribution in [3.05, 3.63) is 22.8 Å². The van der Waals surface area contributed by atoms with E-state index in [0.717, 1.165) is 43.6 Å². The second-order valence-corrected chi connectivity index (χ2v) is 6.80. The molecule has 2 aliphatic rings. The summed E-state index contributed by atoms with van der Waals surface area (Å²) in [6, 6.07) is 6.80. The van der Waals surface area contributed by atoms with Crippen LogP contribution in [0.3, 0.4) is 0 Å². The number of anilines is 1. The van der Waals surface area contributed by atoms with E-state index >= 15 is 0 Å². The summed E-state index contributed by atoms with van der Waals surface area (Å²) in [4.78, 5) is 6.72. The van der Waals surface area contributed by atoms with Gasteiger partial charge in [0.25, 0.3) is 0 Å². The number of halogens is 1. The molecule has 1 saturated carbocycles. The number of hydrogen-bond donors (Lipinski definition) is 0. The van der Waals surface area contributed by atoms with Gasteiger partial charge in [-0.3, -0.25) is 0 Å². The standard InChI is InChI=1S/C17H22ClN3O/c1-13-11-22-8-7-21(13)16-10-14(9-15(18)20-16)17(12-19)5-3-2-4-6-17/h9-10,13H,2-8,11H2,1H3. The number of aromatic nitrogens is 1. The Balaban J connectivity index is 1.97. The summed E-state index contributed by atoms with van der Waals surface area (Å²) in [6.07, 6.45) is 5.27. The average Bonchev–Trinajstić information content (AvgIpc) is 2.55. The number of morpholine rings is 1. The first-order valence-corrected chi connectivity index (χ1v) is 8.46. The number of ether oxygens (including phenoxy) is 1. The van der Waals surface area contributed by atoms with E-state index in [1.54, 1.807) is 0 Å². The maximum Gasteiger partial charge on any atom is 0.131 e. The largest absolute Gasteiger partial charge is 0.377 e. The minimum Gasteiger partial charge on any atom is -0.377 e. The van der Waals surface area contributed by atoms with Gasteiger partial charge >= 0.3 is 0 Å². The van der Waals surface area contributed by atoms with Crippen molar-refractivity contribution in [1.29, 1.82) is 5.26 Å². The van der Waals surface area contributed by atoms with Gasteiger partial charge in [-0.2, -0.15) is 5.26 Å². The zero-order valence-electron chi connectivity index (χ0n) is 13.0. The molecule has 0 amide bonds. The third kappa shape index (κ3) is 2.93. The number of pyridine rings is 1. The van der Waals surface area contributed by atoms with E-state index in [4.69, 9.17) is 16.3 Å². The first-order chi connectivity index (χ1) is 10.6. The number of nitrogens with zero attached hydrogens (tertiary/aromatic N) is 3. The molecule has 1 saturated heterocycles. The summed E-state index contributed by atoms with van der Waals surface area (Å²) >= 11 is 6.28. The highest BCUT2D eigenvalue weighted by Gasteiger charge is 2.35. The van der Waals surface area contributed by atoms with Gasteiger partial charge < -0.3 is 9.64 Å². The molecular formula is C17H22ClN3O. The van der Waals surface area contributed by atoms with Gasteiger partial charge in [-0.05, 0) is 37.5 Å². The minimum atomic E-state index is -0.394. The average molecular weight is 320 g/mol. The predicted molar refractivity (Wildman–Crippen MR) is 87.3 cm³/mol. The fraction of sp³-hybridized carbons (Fsp3) is 0.647. The van der Waals surface area contributed by atoms with Crippen molar-refractivity contribution in [2.45, 2.75) is 50.5 Å². The van der Waals surface area contributed by atoms with Gasteiger partial charge in [0.05, 0.1) is 30.7 Å². The summed E-state index contributed by atoms with van der Waals surface area (Å²) in [5, 5.41) is 10.3. The molecule has 1 aliphatic carbocycles. The Labute approximate surface area is 137 Å². The summed E-state index contributed by atoms with van der Waals surface area (Å²) in [5.74, 6) is 0.874. The van der Waals surface area contributed by atoms with Crippen LogP contribution in [0.1, 0.15) is 44.6 Å². The van der Waals surface area contributed by atoms with Crippen LogP contribution >= 0.6 is 11.6 Å². The van der Waals surface area contributed by atoms with E-state index in [-0.39, 0.29) is 6.04 Å². The van der Waals surface area contributed by atoms with E-state index in [9.17, 15) is 5.26 Å². The van der Waals surface area contributed by atoms with Crippen LogP contribution in [-0.4, -0.2) is 30.8 Å². The van der Waals surface area contributed by atoms with Crippen LogP contribution in [0.5, 0.6) is 0 Å². The fourth-order valence-electron chi connectivity index (χ4n) is 3.59. The molecule has 1 aromatic heterocycles. The molecule has 3 rings (SSSR count). The molecule has 4 nitrogen and oxygen atoms in total. The maximum atomic E-state index is 9.79. The van der Waals surface area contributed by atoms with Crippen molar-refractivity contribution < 1.29 is 4.74 Å². The van der Waals surface area contributed by atoms with Crippen LogP contribution in [0.25, 0.3) is 0 Å². The lowest BCUT2D eigenvalue weighted by Crippen LogP contribution is -2.44. The summed E-state index contributed by atoms with van der Waals surface area (Å²) in [6.45, 7) is 4.35. The second kappa shape index (κ2) is 6.44. The molecule has 0 radical (unpaired) electrons. The van der Waals surface area contributed by atoms with E-state index in [0.29, 0.717) is 18.4 Å². The van der Waals surface area contributed by atoms with E-state index in [1.165, 1.54) is 6.42 Å². The Kier molecular flexibility index (Phi) is 4.56. The van der Waals surface area contributed by atoms with Crippen LogP contribution in [0.15, 0.2) is 12.1 Å². The molecule has 1 unspecified atom stereocenters. The van der Waals surface area contributed by atoms with Crippen LogP contribution in [0.2, 0.25) is 5.15 Å². The third-order valence-corrected chi connectivity index (χ3v) is 5.11. The van der Waals surface area contributed by atoms with Crippen molar-refractivity contribution in [1.82, 2.24) is 4.98 Å². The second-order valence-electron chi connectivity index (χ2n) is 6.41. The molecule has 2 heterocycles. The lowest BCUT2D eigenvalue weighted by atomic mass is 9.71. The Morgan fingerprint density at radius 2 is 2.14 bits per heavy atom. The van der Waals surface area contributed by atoms with Gasteiger partial charge in [0.2, 0.25) is 0 Å². The first-order valence-electron chi connectivity index (χ1n) is 8.08. The molecule has 118 valence electrons. The SMILES string of the molecule is CC1COCCN1c1cc(C2(C#N)CCCCC2)cc(Cl)n1. The monoisotopic (exact) mass is 319 g/mol. The van der Waals surface area contributed by atoms with Gasteiger partial charge in [0.15, 0.2) is 0 Å². The zero-order valence-corrected chi connectivity index (χ0v) is 13.8. The van der Waals surface area contributed by atoms with Crippen LogP contribution in [0.4, 0.5) is 5.82 Å². The Bertz CT molecular complexity index is 578. The summed E-state index contributed by atoms with van der Waals surface area (Å²) < 4.78 is 5.50. The minimum absolute atomic E-state index is 0.275. The Hall–Kier alpha value is -1.31. The molecule has 1 aromatic rings. The topological polar surface area (TPSA) is 49.1 Å². The highest BCUT2D eigenvalue weighted by molar-refractivity contribution is 6.29. The first kappa shape index (κ1) is 15.6. The molecular weight excluding hydrogens is 298 g/mol. The molecule has 0 spiro atoms. The number of nitriles is 1. The highest BCUT2D eigenvalue weighted by Crippen LogP contribution is 2.40. The molecule has 2 fully saturated rings. The van der Waals surface area contributed by atoms with Crippen molar-refractivity contribution in [2.24, 2.45) is 0 Å². The lowest BCUT2D eigenvalue weighted by molar-refractivity contribution is 0.0985. The summed E-state index contributed by atoms with van der Waals surface area (Å²) in [7, 11) is 0. The molecule has 0 aromatic carbocycles. The van der Waals surface area contributed by atoms with Crippen LogP contribution < -0.4 is 4.90 Å². The van der Waals surface area contributed by atoms with E-state index < -0.39 is 5.41 Å². The fourth-order valence-corrected chi connectivity index (χ4v) is 3.80. The van der Waals surface area contributed by atoms with Crippen molar-refractivity contribution in [2.75, 3.05) is 24.7 Å². The van der Waals surface area contributed by atoms with Gasteiger partial charge in [0, 0.05) is 6.54 Å². The quantitative estimate of drug-likeness (QED) is 0.780. The van der Waals surface area contributed by atoms with Crippen LogP contribution in [0, 0.1) is 11.3 Å². The van der Waals surface area contributed by atoms with Gasteiger partial charge in [-0.1, -0.05) is 30.9 Å². The number of hydrogen-bond acceptors (Lipinski definition) is 4. The molecule has 0 bridgehead atoms. The number of rotatable bonds is 2. The van der Waals surface area contributed by atoms with E-state index in [1.807, 2.05) is 6.07 Å². The molecule has 22 heavy (non-hydrogen) atoms. The van der Waals surface area contributed by atoms with Gasteiger partial charge in [-0.25, -0.2) is 4.98 Å². The van der Waals surface area contributed by atoms with Gasteiger partial charge in [0.1, 0.15) is 11.0 Å². The van der Waals surface area contributed by atoms with Gasteiger partial charge in [-0.15, -0.1) is 0 Å². The smallest absolute Gasteiger partial charge is 0.131 e. The van der Waals surface area contributed by atoms with E-state index in [2.05, 4.69) is 28.9 Å². The Morgan fingerprint density at radius 3 is 2.82 bits per heavy atom. The molecule has 5 heteroatoms. The molecule has 1 atom stereocenters. The normalized spacial score (nSPS) is 24.8. The predicted octanol–water partition coefficient (Wildman–Crippen LogP) is 3.69. The highest BCUT2D eigenvalue weighted by atomic mass is 35.5. The molecule has 1 aliphatic heterocycles. The summed E-state index contributed by atoms with van der Waals surface area (Å²) in [5.41, 5.74) is 0.637. The Morgan fingerprint density at radius 1 is 1.36 bits per heavy atom. The maximum absolute atomic E-state index is 9.79. The van der Waals surface area contributed by atoms with Crippen molar-refractivity contribution in [3.8, 4) is 6.07 Å². The molecule has 0 N–H and O–H groups in total. The lowest BCUT2D eigenvalue weighted by Gasteiger charge is -2.36.